The van der Waals surface area contributed by atoms with Crippen LogP contribution in [0.2, 0.25) is 0 Å². The number of rotatable bonds is 10. The van der Waals surface area contributed by atoms with E-state index in [0.717, 1.165) is 28.8 Å². The fourth-order valence-electron chi connectivity index (χ4n) is 6.22. The first kappa shape index (κ1) is 28.1. The highest BCUT2D eigenvalue weighted by molar-refractivity contribution is 5.73. The fraction of sp³-hybridized carbons (Fsp3) is 0.216. The summed E-state index contributed by atoms with van der Waals surface area (Å²) in [7, 11) is 0. The molecule has 0 saturated carbocycles. The Bertz CT molecular complexity index is 1700. The van der Waals surface area contributed by atoms with E-state index in [0.29, 0.717) is 17.6 Å². The third-order valence-electron chi connectivity index (χ3n) is 8.36. The van der Waals surface area contributed by atoms with Gasteiger partial charge >= 0.3 is 0 Å². The molecule has 1 saturated heterocycles. The van der Waals surface area contributed by atoms with Crippen LogP contribution in [0.4, 0.5) is 4.39 Å². The highest BCUT2D eigenvalue weighted by atomic mass is 19.1. The Labute approximate surface area is 256 Å². The summed E-state index contributed by atoms with van der Waals surface area (Å²) >= 11 is 0. The summed E-state index contributed by atoms with van der Waals surface area (Å²) in [6, 6.07) is 40.8. The molecule has 1 fully saturated rings. The van der Waals surface area contributed by atoms with Crippen LogP contribution >= 0.6 is 0 Å². The SMILES string of the molecule is F[C@H]1C[C@H](COC(c2ccccc2)(c2ccccc2)c2ccccc2)O[C@H]1n1cnc2c(CCc3ccccc3)ncnc21. The Hall–Kier alpha value is -4.72. The van der Waals surface area contributed by atoms with Crippen molar-refractivity contribution >= 4 is 11.2 Å². The number of ether oxygens (including phenoxy) is 2. The first-order chi connectivity index (χ1) is 21.7. The van der Waals surface area contributed by atoms with Crippen LogP contribution in [0.3, 0.4) is 0 Å². The van der Waals surface area contributed by atoms with Crippen LogP contribution in [0.5, 0.6) is 0 Å². The zero-order valence-electron chi connectivity index (χ0n) is 24.2. The second kappa shape index (κ2) is 12.5. The first-order valence-corrected chi connectivity index (χ1v) is 15.0. The summed E-state index contributed by atoms with van der Waals surface area (Å²) in [6.45, 7) is 0.194. The highest BCUT2D eigenvalue weighted by Crippen LogP contribution is 2.42. The number of imidazole rings is 1. The Morgan fingerprint density at radius 2 is 1.30 bits per heavy atom. The van der Waals surface area contributed by atoms with Crippen LogP contribution < -0.4 is 0 Å². The van der Waals surface area contributed by atoms with Crippen molar-refractivity contribution in [1.82, 2.24) is 19.5 Å². The van der Waals surface area contributed by atoms with E-state index in [2.05, 4.69) is 63.5 Å². The predicted octanol–water partition coefficient (Wildman–Crippen LogP) is 7.25. The van der Waals surface area contributed by atoms with Crippen LogP contribution in [0.1, 0.15) is 40.6 Å². The molecule has 1 aliphatic rings. The summed E-state index contributed by atoms with van der Waals surface area (Å²) < 4.78 is 30.7. The van der Waals surface area contributed by atoms with Crippen molar-refractivity contribution < 1.29 is 13.9 Å². The quantitative estimate of drug-likeness (QED) is 0.159. The van der Waals surface area contributed by atoms with E-state index in [9.17, 15) is 0 Å². The van der Waals surface area contributed by atoms with E-state index in [1.54, 1.807) is 10.9 Å². The maximum Gasteiger partial charge on any atom is 0.168 e. The molecular formula is C37H33FN4O2. The van der Waals surface area contributed by atoms with Crippen LogP contribution in [-0.2, 0) is 27.9 Å². The largest absolute Gasteiger partial charge is 0.358 e. The summed E-state index contributed by atoms with van der Waals surface area (Å²) in [6.07, 6.45) is 2.31. The molecule has 0 amide bonds. The van der Waals surface area contributed by atoms with Crippen molar-refractivity contribution in [3.63, 3.8) is 0 Å². The number of alkyl halides is 1. The third-order valence-corrected chi connectivity index (χ3v) is 8.36. The third kappa shape index (κ3) is 5.41. The zero-order chi connectivity index (χ0) is 29.8. The minimum atomic E-state index is -1.25. The summed E-state index contributed by atoms with van der Waals surface area (Å²) in [5, 5.41) is 0. The molecule has 3 atom stereocenters. The molecule has 3 heterocycles. The van der Waals surface area contributed by atoms with Crippen molar-refractivity contribution in [1.29, 1.82) is 0 Å². The fourth-order valence-corrected chi connectivity index (χ4v) is 6.22. The van der Waals surface area contributed by atoms with Crippen LogP contribution in [0.25, 0.3) is 11.2 Å². The molecular weight excluding hydrogens is 551 g/mol. The lowest BCUT2D eigenvalue weighted by Gasteiger charge is -2.36. The molecule has 0 spiro atoms. The van der Waals surface area contributed by atoms with Crippen molar-refractivity contribution in [3.05, 3.63) is 162 Å². The van der Waals surface area contributed by atoms with Gasteiger partial charge in [-0.15, -0.1) is 0 Å². The second-order valence-corrected chi connectivity index (χ2v) is 11.1. The van der Waals surface area contributed by atoms with Gasteiger partial charge in [-0.1, -0.05) is 121 Å². The topological polar surface area (TPSA) is 62.1 Å². The zero-order valence-corrected chi connectivity index (χ0v) is 24.2. The molecule has 0 radical (unpaired) electrons. The van der Waals surface area contributed by atoms with E-state index in [1.165, 1.54) is 11.9 Å². The van der Waals surface area contributed by atoms with Gasteiger partial charge in [0, 0.05) is 6.42 Å². The molecule has 1 aliphatic heterocycles. The van der Waals surface area contributed by atoms with Crippen LogP contribution in [-0.4, -0.2) is 38.4 Å². The Morgan fingerprint density at radius 3 is 1.89 bits per heavy atom. The number of fused-ring (bicyclic) bond motifs is 1. The van der Waals surface area contributed by atoms with Crippen LogP contribution in [0.15, 0.2) is 134 Å². The minimum Gasteiger partial charge on any atom is -0.358 e. The van der Waals surface area contributed by atoms with Gasteiger partial charge in [0.15, 0.2) is 11.9 Å². The van der Waals surface area contributed by atoms with E-state index in [4.69, 9.17) is 9.47 Å². The lowest BCUT2D eigenvalue weighted by molar-refractivity contribution is -0.0804. The van der Waals surface area contributed by atoms with Crippen molar-refractivity contribution in [2.75, 3.05) is 6.61 Å². The smallest absolute Gasteiger partial charge is 0.168 e. The molecule has 0 unspecified atom stereocenters. The van der Waals surface area contributed by atoms with Gasteiger partial charge in [0.25, 0.3) is 0 Å². The molecule has 6 aromatic rings. The van der Waals surface area contributed by atoms with Gasteiger partial charge in [0.1, 0.15) is 23.6 Å². The number of aromatic nitrogens is 4. The lowest BCUT2D eigenvalue weighted by atomic mass is 9.80. The predicted molar refractivity (Wildman–Crippen MR) is 168 cm³/mol. The Morgan fingerprint density at radius 1 is 0.727 bits per heavy atom. The summed E-state index contributed by atoms with van der Waals surface area (Å²) in [5.74, 6) is 0. The molecule has 7 heteroatoms. The minimum absolute atomic E-state index is 0.194. The average molecular weight is 585 g/mol. The van der Waals surface area contributed by atoms with Gasteiger partial charge in [-0.25, -0.2) is 19.3 Å². The highest BCUT2D eigenvalue weighted by Gasteiger charge is 2.42. The van der Waals surface area contributed by atoms with Crippen molar-refractivity contribution in [2.24, 2.45) is 0 Å². The number of aryl methyl sites for hydroxylation is 2. The molecule has 44 heavy (non-hydrogen) atoms. The van der Waals surface area contributed by atoms with Gasteiger partial charge in [-0.3, -0.25) is 4.57 Å². The normalized spacial score (nSPS) is 18.5. The Kier molecular flexibility index (Phi) is 7.97. The lowest BCUT2D eigenvalue weighted by Crippen LogP contribution is -2.35. The first-order valence-electron chi connectivity index (χ1n) is 15.0. The van der Waals surface area contributed by atoms with Gasteiger partial charge in [0.2, 0.25) is 0 Å². The number of nitrogens with zero attached hydrogens (tertiary/aromatic N) is 4. The summed E-state index contributed by atoms with van der Waals surface area (Å²) in [4.78, 5) is 13.6. The Balaban J connectivity index is 1.15. The molecule has 220 valence electrons. The van der Waals surface area contributed by atoms with Gasteiger partial charge < -0.3 is 9.47 Å². The number of hydrogen-bond acceptors (Lipinski definition) is 5. The number of hydrogen-bond donors (Lipinski definition) is 0. The average Bonchev–Trinajstić information content (AvgIpc) is 3.69. The van der Waals surface area contributed by atoms with Crippen molar-refractivity contribution in [2.45, 2.75) is 43.4 Å². The summed E-state index contributed by atoms with van der Waals surface area (Å²) in [5.41, 5.74) is 5.38. The van der Waals surface area contributed by atoms with Crippen molar-refractivity contribution in [3.8, 4) is 0 Å². The van der Waals surface area contributed by atoms with Gasteiger partial charge in [0.05, 0.1) is 24.7 Å². The molecule has 0 bridgehead atoms. The monoisotopic (exact) mass is 584 g/mol. The standard InChI is InChI=1S/C37H33FN4O2/c38-32-23-31(44-36(32)42-26-41-34-33(39-25-40-35(34)42)22-21-27-13-5-1-6-14-27)24-43-37(28-15-7-2-8-16-28,29-17-9-3-10-18-29)30-19-11-4-12-20-30/h1-20,25-26,31-32,36H,21-24H2/t31-,32+,36-/m1/s1. The van der Waals surface area contributed by atoms with E-state index in [1.807, 2.05) is 72.8 Å². The van der Waals surface area contributed by atoms with Gasteiger partial charge in [-0.2, -0.15) is 0 Å². The van der Waals surface area contributed by atoms with E-state index >= 15 is 4.39 Å². The maximum absolute atomic E-state index is 15.7. The molecule has 4 aromatic carbocycles. The van der Waals surface area contributed by atoms with Gasteiger partial charge in [-0.05, 0) is 35.1 Å². The second-order valence-electron chi connectivity index (χ2n) is 11.1. The number of benzene rings is 4. The molecule has 7 rings (SSSR count). The molecule has 0 N–H and O–H groups in total. The maximum atomic E-state index is 15.7. The van der Waals surface area contributed by atoms with E-state index in [-0.39, 0.29) is 13.0 Å². The number of halogens is 1. The van der Waals surface area contributed by atoms with Crippen LogP contribution in [0, 0.1) is 0 Å². The molecule has 6 nitrogen and oxygen atoms in total. The molecule has 0 aliphatic carbocycles. The molecule has 2 aromatic heterocycles. The van der Waals surface area contributed by atoms with E-state index < -0.39 is 24.1 Å².